The number of nitriles is 1. The number of nitrogens with two attached hydrogens (primary N) is 1. The molecule has 2 aromatic heterocycles. The number of carbonyl (C=O) groups excluding carboxylic acids is 1. The van der Waals surface area contributed by atoms with E-state index in [2.05, 4.69) is 11.2 Å². The molecule has 1 aliphatic heterocycles. The number of amides is 1. The maximum atomic E-state index is 12.5. The summed E-state index contributed by atoms with van der Waals surface area (Å²) in [6.45, 7) is 7.55. The Morgan fingerprint density at radius 3 is 2.83 bits per heavy atom. The average Bonchev–Trinajstić information content (AvgIpc) is 3.48. The Morgan fingerprint density at radius 2 is 2.14 bits per heavy atom. The molecule has 1 saturated carbocycles. The predicted octanol–water partition coefficient (Wildman–Crippen LogP) is 4.86. The van der Waals surface area contributed by atoms with Crippen LogP contribution in [0.15, 0.2) is 36.7 Å². The molecular weight excluding hydrogens is 478 g/mol. The fourth-order valence-corrected chi connectivity index (χ4v) is 5.51. The molecule has 2 fully saturated rings. The van der Waals surface area contributed by atoms with Crippen molar-refractivity contribution in [3.63, 3.8) is 0 Å². The molecule has 1 spiro atoms. The van der Waals surface area contributed by atoms with E-state index in [0.717, 1.165) is 30.4 Å². The predicted molar refractivity (Wildman–Crippen MR) is 136 cm³/mol. The Labute approximate surface area is 215 Å². The van der Waals surface area contributed by atoms with Gasteiger partial charge >= 0.3 is 6.09 Å². The number of hydrogen-bond donors (Lipinski definition) is 1. The summed E-state index contributed by atoms with van der Waals surface area (Å²) in [5.41, 5.74) is 8.60. The van der Waals surface area contributed by atoms with Gasteiger partial charge in [-0.1, -0.05) is 23.7 Å². The largest absolute Gasteiger partial charge is 0.444 e. The third-order valence-corrected chi connectivity index (χ3v) is 7.21. The molecular formula is C26H30ClN7O2. The number of nitrogen functional groups attached to an aromatic ring is 1. The summed E-state index contributed by atoms with van der Waals surface area (Å²) in [6, 6.07) is 9.93. The fourth-order valence-electron chi connectivity index (χ4n) is 5.30. The van der Waals surface area contributed by atoms with Gasteiger partial charge in [-0.3, -0.25) is 4.68 Å². The minimum Gasteiger partial charge on any atom is -0.444 e. The van der Waals surface area contributed by atoms with Crippen molar-refractivity contribution in [3.05, 3.63) is 52.8 Å². The van der Waals surface area contributed by atoms with E-state index in [1.807, 2.05) is 51.2 Å². The second kappa shape index (κ2) is 8.86. The van der Waals surface area contributed by atoms with Crippen molar-refractivity contribution in [1.82, 2.24) is 24.5 Å². The molecule has 36 heavy (non-hydrogen) atoms. The van der Waals surface area contributed by atoms with Crippen LogP contribution in [0.2, 0.25) is 5.02 Å². The first-order valence-corrected chi connectivity index (χ1v) is 12.5. The van der Waals surface area contributed by atoms with Gasteiger partial charge in [-0.25, -0.2) is 9.48 Å². The van der Waals surface area contributed by atoms with Crippen LogP contribution in [0.5, 0.6) is 0 Å². The Morgan fingerprint density at radius 1 is 1.36 bits per heavy atom. The lowest BCUT2D eigenvalue weighted by atomic mass is 9.65. The minimum absolute atomic E-state index is 0.0504. The van der Waals surface area contributed by atoms with E-state index >= 15 is 0 Å². The van der Waals surface area contributed by atoms with Gasteiger partial charge in [0, 0.05) is 29.9 Å². The van der Waals surface area contributed by atoms with Crippen LogP contribution in [-0.2, 0) is 11.3 Å². The summed E-state index contributed by atoms with van der Waals surface area (Å²) in [7, 11) is 0. The molecule has 0 radical (unpaired) electrons. The maximum Gasteiger partial charge on any atom is 0.410 e. The molecule has 1 aromatic carbocycles. The monoisotopic (exact) mass is 507 g/mol. The molecule has 1 aliphatic carbocycles. The highest BCUT2D eigenvalue weighted by Crippen LogP contribution is 2.54. The lowest BCUT2D eigenvalue weighted by molar-refractivity contribution is 0.0188. The van der Waals surface area contributed by atoms with Gasteiger partial charge in [0.15, 0.2) is 0 Å². The van der Waals surface area contributed by atoms with Crippen molar-refractivity contribution in [1.29, 1.82) is 5.26 Å². The zero-order chi connectivity index (χ0) is 25.7. The molecule has 0 atom stereocenters. The molecule has 2 N–H and O–H groups in total. The molecule has 10 heteroatoms. The summed E-state index contributed by atoms with van der Waals surface area (Å²) in [5.74, 6) is 0.372. The Bertz CT molecular complexity index is 1340. The smallest absolute Gasteiger partial charge is 0.410 e. The summed E-state index contributed by atoms with van der Waals surface area (Å²) in [4.78, 5) is 14.3. The number of ether oxygens (including phenoxy) is 1. The van der Waals surface area contributed by atoms with Crippen molar-refractivity contribution in [2.75, 3.05) is 18.8 Å². The number of nitrogens with zero attached hydrogens (tertiary/aromatic N) is 6. The van der Waals surface area contributed by atoms with Crippen molar-refractivity contribution in [2.45, 2.75) is 58.2 Å². The van der Waals surface area contributed by atoms with E-state index in [4.69, 9.17) is 27.2 Å². The molecule has 0 unspecified atom stereocenters. The number of aromatic nitrogens is 4. The standard InChI is InChI=1S/C26H30ClN7O2/c1-25(2,3)36-24(35)32-8-7-26(16-32)10-20(11-26)34-23(29)21(12-28)22(31-34)18-13-30-33(15-18)14-17-5-4-6-19(27)9-17/h4-6,9,13,15,20H,7-8,10-11,14,16,29H2,1-3H3/t20-,26-. The third kappa shape index (κ3) is 4.65. The molecule has 2 aliphatic rings. The summed E-state index contributed by atoms with van der Waals surface area (Å²) < 4.78 is 9.11. The molecule has 3 aromatic rings. The van der Waals surface area contributed by atoms with Crippen LogP contribution in [0.1, 0.15) is 57.2 Å². The van der Waals surface area contributed by atoms with Gasteiger partial charge < -0.3 is 15.4 Å². The van der Waals surface area contributed by atoms with Crippen molar-refractivity contribution >= 4 is 23.5 Å². The van der Waals surface area contributed by atoms with Crippen molar-refractivity contribution < 1.29 is 9.53 Å². The number of anilines is 1. The Balaban J connectivity index is 1.29. The van der Waals surface area contributed by atoms with Gasteiger partial charge in [0.05, 0.1) is 18.8 Å². The van der Waals surface area contributed by atoms with Gasteiger partial charge in [-0.15, -0.1) is 0 Å². The molecule has 0 bridgehead atoms. The minimum atomic E-state index is -0.509. The number of hydrogen-bond acceptors (Lipinski definition) is 6. The van der Waals surface area contributed by atoms with E-state index in [1.54, 1.807) is 20.5 Å². The number of carbonyl (C=O) groups is 1. The normalized spacial score (nSPS) is 21.4. The van der Waals surface area contributed by atoms with E-state index in [9.17, 15) is 10.1 Å². The number of benzene rings is 1. The van der Waals surface area contributed by atoms with Crippen LogP contribution < -0.4 is 5.73 Å². The summed E-state index contributed by atoms with van der Waals surface area (Å²) >= 11 is 6.10. The van der Waals surface area contributed by atoms with E-state index < -0.39 is 5.60 Å². The first-order valence-electron chi connectivity index (χ1n) is 12.1. The van der Waals surface area contributed by atoms with Gasteiger partial charge in [-0.05, 0) is 63.1 Å². The zero-order valence-corrected chi connectivity index (χ0v) is 21.5. The topological polar surface area (TPSA) is 115 Å². The van der Waals surface area contributed by atoms with E-state index in [0.29, 0.717) is 41.7 Å². The summed E-state index contributed by atoms with van der Waals surface area (Å²) in [5, 5.41) is 19.7. The highest BCUT2D eigenvalue weighted by molar-refractivity contribution is 6.30. The van der Waals surface area contributed by atoms with Gasteiger partial charge in [-0.2, -0.15) is 15.5 Å². The van der Waals surface area contributed by atoms with Gasteiger partial charge in [0.2, 0.25) is 0 Å². The summed E-state index contributed by atoms with van der Waals surface area (Å²) in [6.07, 6.45) is 5.96. The fraction of sp³-hybridized carbons (Fsp3) is 0.462. The van der Waals surface area contributed by atoms with Crippen molar-refractivity contribution in [2.24, 2.45) is 5.41 Å². The van der Waals surface area contributed by atoms with Gasteiger partial charge in [0.1, 0.15) is 28.7 Å². The van der Waals surface area contributed by atoms with Crippen LogP contribution in [0.4, 0.5) is 10.6 Å². The first kappa shape index (κ1) is 24.2. The molecule has 5 rings (SSSR count). The quantitative estimate of drug-likeness (QED) is 0.539. The molecule has 1 saturated heterocycles. The zero-order valence-electron chi connectivity index (χ0n) is 20.7. The molecule has 1 amide bonds. The third-order valence-electron chi connectivity index (χ3n) is 6.97. The average molecular weight is 508 g/mol. The highest BCUT2D eigenvalue weighted by atomic mass is 35.5. The lowest BCUT2D eigenvalue weighted by Crippen LogP contribution is -2.43. The number of likely N-dealkylation sites (tertiary alicyclic amines) is 1. The second-order valence-electron chi connectivity index (χ2n) is 10.9. The Kier molecular flexibility index (Phi) is 5.95. The maximum absolute atomic E-state index is 12.5. The molecule has 3 heterocycles. The Hall–Kier alpha value is -3.51. The van der Waals surface area contributed by atoms with Crippen LogP contribution in [0, 0.1) is 16.7 Å². The number of halogens is 1. The molecule has 9 nitrogen and oxygen atoms in total. The highest BCUT2D eigenvalue weighted by Gasteiger charge is 2.51. The lowest BCUT2D eigenvalue weighted by Gasteiger charge is -2.45. The SMILES string of the molecule is CC(C)(C)OC(=O)N1CC[C@]2(C1)C[C@H](n1nc(-c3cnn(Cc4cccc(Cl)c4)c3)c(C#N)c1N)C2. The van der Waals surface area contributed by atoms with Crippen LogP contribution >= 0.6 is 11.6 Å². The van der Waals surface area contributed by atoms with Crippen LogP contribution in [0.25, 0.3) is 11.3 Å². The first-order chi connectivity index (χ1) is 17.1. The number of rotatable bonds is 4. The second-order valence-corrected chi connectivity index (χ2v) is 11.4. The van der Waals surface area contributed by atoms with Crippen molar-refractivity contribution in [3.8, 4) is 17.3 Å². The van der Waals surface area contributed by atoms with E-state index in [-0.39, 0.29) is 17.6 Å². The molecule has 188 valence electrons. The van der Waals surface area contributed by atoms with Crippen LogP contribution in [0.3, 0.4) is 0 Å². The van der Waals surface area contributed by atoms with Gasteiger partial charge in [0.25, 0.3) is 0 Å². The van der Waals surface area contributed by atoms with Crippen LogP contribution in [-0.4, -0.2) is 49.2 Å². The van der Waals surface area contributed by atoms with E-state index in [1.165, 1.54) is 0 Å².